The van der Waals surface area contributed by atoms with E-state index in [-0.39, 0.29) is 28.1 Å². The highest BCUT2D eigenvalue weighted by atomic mass is 79.9. The van der Waals surface area contributed by atoms with Gasteiger partial charge in [0.25, 0.3) is 15.0 Å². The van der Waals surface area contributed by atoms with Gasteiger partial charge in [0.2, 0.25) is 0 Å². The molecule has 0 radical (unpaired) electrons. The molecule has 1 aromatic rings. The summed E-state index contributed by atoms with van der Waals surface area (Å²) in [5, 5.41) is 2.41. The second-order valence-electron chi connectivity index (χ2n) is 4.18. The van der Waals surface area contributed by atoms with Gasteiger partial charge in [-0.25, -0.2) is 8.42 Å². The van der Waals surface area contributed by atoms with E-state index in [1.54, 1.807) is 6.92 Å². The van der Waals surface area contributed by atoms with Crippen molar-refractivity contribution in [2.24, 2.45) is 0 Å². The van der Waals surface area contributed by atoms with Crippen molar-refractivity contribution in [1.29, 1.82) is 0 Å². The predicted molar refractivity (Wildman–Crippen MR) is 85.6 cm³/mol. The largest absolute Gasteiger partial charge is 0.377 e. The maximum atomic E-state index is 12.1. The van der Waals surface area contributed by atoms with Gasteiger partial charge in [0.1, 0.15) is 4.90 Å². The number of amides is 1. The van der Waals surface area contributed by atoms with Crippen LogP contribution in [0.4, 0.5) is 0 Å². The first kappa shape index (κ1) is 18.7. The summed E-state index contributed by atoms with van der Waals surface area (Å²) in [6, 6.07) is 2.67. The normalized spacial score (nSPS) is 13.0. The van der Waals surface area contributed by atoms with E-state index in [9.17, 15) is 13.2 Å². The maximum Gasteiger partial charge on any atom is 0.262 e. The Morgan fingerprint density at radius 2 is 2.10 bits per heavy atom. The molecule has 0 aromatic heterocycles. The van der Waals surface area contributed by atoms with Crippen LogP contribution in [0.15, 0.2) is 21.5 Å². The third-order valence-electron chi connectivity index (χ3n) is 2.51. The first-order chi connectivity index (χ1) is 9.66. The van der Waals surface area contributed by atoms with Gasteiger partial charge < -0.3 is 10.1 Å². The summed E-state index contributed by atoms with van der Waals surface area (Å²) in [6.07, 6.45) is -0.166. The summed E-state index contributed by atoms with van der Waals surface area (Å²) in [4.78, 5) is 11.8. The van der Waals surface area contributed by atoms with E-state index in [0.29, 0.717) is 11.1 Å². The number of nitrogens with one attached hydrogen (secondary N) is 1. The van der Waals surface area contributed by atoms with E-state index in [1.807, 2.05) is 6.92 Å². The number of halogens is 3. The fourth-order valence-electron chi connectivity index (χ4n) is 1.58. The third kappa shape index (κ3) is 5.41. The second kappa shape index (κ2) is 7.78. The molecule has 21 heavy (non-hydrogen) atoms. The van der Waals surface area contributed by atoms with Crippen LogP contribution in [0.5, 0.6) is 0 Å². The highest BCUT2D eigenvalue weighted by Gasteiger charge is 2.22. The smallest absolute Gasteiger partial charge is 0.262 e. The molecule has 0 saturated carbocycles. The molecule has 1 atom stereocenters. The zero-order chi connectivity index (χ0) is 16.2. The van der Waals surface area contributed by atoms with Gasteiger partial charge in [-0.3, -0.25) is 4.79 Å². The SMILES string of the molecule is CCOC(C)CNC(=O)c1cc(Br)cc(S(=O)(=O)Cl)c1Cl. The van der Waals surface area contributed by atoms with Crippen LogP contribution in [0, 0.1) is 0 Å². The number of hydrogen-bond acceptors (Lipinski definition) is 4. The van der Waals surface area contributed by atoms with Crippen LogP contribution in [-0.4, -0.2) is 33.6 Å². The van der Waals surface area contributed by atoms with E-state index in [2.05, 4.69) is 21.2 Å². The molecule has 0 heterocycles. The Bertz CT molecular complexity index is 636. The molecular weight excluding hydrogens is 405 g/mol. The van der Waals surface area contributed by atoms with Gasteiger partial charge in [-0.15, -0.1) is 0 Å². The molecule has 1 rings (SSSR count). The van der Waals surface area contributed by atoms with Crippen LogP contribution in [0.25, 0.3) is 0 Å². The summed E-state index contributed by atoms with van der Waals surface area (Å²) in [7, 11) is 1.25. The summed E-state index contributed by atoms with van der Waals surface area (Å²) in [5.74, 6) is -0.505. The standard InChI is InChI=1S/C12H14BrCl2NO4S/c1-3-20-7(2)6-16-12(17)9-4-8(13)5-10(11(9)14)21(15,18)19/h4-5,7H,3,6H2,1-2H3,(H,16,17). The molecule has 0 spiro atoms. The molecular formula is C12H14BrCl2NO4S. The van der Waals surface area contributed by atoms with Crippen LogP contribution in [0.1, 0.15) is 24.2 Å². The number of carbonyl (C=O) groups is 1. The van der Waals surface area contributed by atoms with Crippen LogP contribution in [-0.2, 0) is 13.8 Å². The Balaban J connectivity index is 3.03. The van der Waals surface area contributed by atoms with E-state index < -0.39 is 15.0 Å². The lowest BCUT2D eigenvalue weighted by Gasteiger charge is -2.14. The summed E-state index contributed by atoms with van der Waals surface area (Å²) in [6.45, 7) is 4.46. The zero-order valence-electron chi connectivity index (χ0n) is 11.3. The fourth-order valence-corrected chi connectivity index (χ4v) is 3.77. The zero-order valence-corrected chi connectivity index (χ0v) is 15.2. The van der Waals surface area contributed by atoms with Crippen molar-refractivity contribution in [3.05, 3.63) is 27.2 Å². The minimum atomic E-state index is -4.05. The molecule has 0 fully saturated rings. The lowest BCUT2D eigenvalue weighted by atomic mass is 10.2. The topological polar surface area (TPSA) is 72.5 Å². The molecule has 9 heteroatoms. The number of hydrogen-bond donors (Lipinski definition) is 1. The van der Waals surface area contributed by atoms with Crippen LogP contribution < -0.4 is 5.32 Å². The lowest BCUT2D eigenvalue weighted by molar-refractivity contribution is 0.0695. The Kier molecular flexibility index (Phi) is 6.93. The van der Waals surface area contributed by atoms with Gasteiger partial charge in [0.05, 0.1) is 16.7 Å². The Morgan fingerprint density at radius 1 is 1.48 bits per heavy atom. The van der Waals surface area contributed by atoms with Crippen LogP contribution in [0.2, 0.25) is 5.02 Å². The molecule has 0 aliphatic heterocycles. The Hall–Kier alpha value is -0.340. The molecule has 5 nitrogen and oxygen atoms in total. The average Bonchev–Trinajstić information content (AvgIpc) is 2.37. The van der Waals surface area contributed by atoms with Crippen molar-refractivity contribution in [1.82, 2.24) is 5.32 Å². The van der Waals surface area contributed by atoms with E-state index in [0.717, 1.165) is 0 Å². The molecule has 1 unspecified atom stereocenters. The second-order valence-corrected chi connectivity index (χ2v) is 8.01. The number of ether oxygens (including phenoxy) is 1. The summed E-state index contributed by atoms with van der Waals surface area (Å²) < 4.78 is 28.6. The van der Waals surface area contributed by atoms with Crippen molar-refractivity contribution in [3.63, 3.8) is 0 Å². The summed E-state index contributed by atoms with van der Waals surface area (Å²) >= 11 is 9.09. The first-order valence-electron chi connectivity index (χ1n) is 6.00. The van der Waals surface area contributed by atoms with Gasteiger partial charge in [-0.2, -0.15) is 0 Å². The molecule has 0 aliphatic rings. The van der Waals surface area contributed by atoms with E-state index >= 15 is 0 Å². The average molecular weight is 419 g/mol. The molecule has 0 aliphatic carbocycles. The number of rotatable bonds is 6. The van der Waals surface area contributed by atoms with Gasteiger partial charge in [0, 0.05) is 28.3 Å². The quantitative estimate of drug-likeness (QED) is 0.720. The lowest BCUT2D eigenvalue weighted by Crippen LogP contribution is -2.32. The van der Waals surface area contributed by atoms with Gasteiger partial charge in [-0.1, -0.05) is 27.5 Å². The Morgan fingerprint density at radius 3 is 2.62 bits per heavy atom. The van der Waals surface area contributed by atoms with Crippen LogP contribution in [0.3, 0.4) is 0 Å². The molecule has 0 saturated heterocycles. The van der Waals surface area contributed by atoms with Crippen molar-refractivity contribution in [2.75, 3.05) is 13.2 Å². The minimum Gasteiger partial charge on any atom is -0.377 e. The van der Waals surface area contributed by atoms with Gasteiger partial charge in [-0.05, 0) is 26.0 Å². The number of carbonyl (C=O) groups excluding carboxylic acids is 1. The van der Waals surface area contributed by atoms with Crippen molar-refractivity contribution >= 4 is 53.2 Å². The fraction of sp³-hybridized carbons (Fsp3) is 0.417. The van der Waals surface area contributed by atoms with Gasteiger partial charge >= 0.3 is 0 Å². The predicted octanol–water partition coefficient (Wildman–Crippen LogP) is 3.18. The minimum absolute atomic E-state index is 0.0222. The summed E-state index contributed by atoms with van der Waals surface area (Å²) in [5.41, 5.74) is 0.0222. The van der Waals surface area contributed by atoms with Crippen molar-refractivity contribution < 1.29 is 17.9 Å². The van der Waals surface area contributed by atoms with Gasteiger partial charge in [0.15, 0.2) is 0 Å². The molecule has 0 bridgehead atoms. The molecule has 1 aromatic carbocycles. The molecule has 1 amide bonds. The van der Waals surface area contributed by atoms with Crippen LogP contribution >= 0.6 is 38.2 Å². The van der Waals surface area contributed by atoms with E-state index in [4.69, 9.17) is 27.0 Å². The Labute approximate surface area is 141 Å². The third-order valence-corrected chi connectivity index (χ3v) is 4.84. The maximum absolute atomic E-state index is 12.1. The molecule has 1 N–H and O–H groups in total. The monoisotopic (exact) mass is 417 g/mol. The van der Waals surface area contributed by atoms with E-state index in [1.165, 1.54) is 12.1 Å². The first-order valence-corrected chi connectivity index (χ1v) is 9.48. The highest BCUT2D eigenvalue weighted by molar-refractivity contribution is 9.10. The van der Waals surface area contributed by atoms with Crippen molar-refractivity contribution in [3.8, 4) is 0 Å². The molecule has 118 valence electrons. The van der Waals surface area contributed by atoms with Crippen molar-refractivity contribution in [2.45, 2.75) is 24.8 Å². The highest BCUT2D eigenvalue weighted by Crippen LogP contribution is 2.31. The number of benzene rings is 1.